The number of pyridine rings is 1. The van der Waals surface area contributed by atoms with Crippen LogP contribution in [0.2, 0.25) is 5.02 Å². The van der Waals surface area contributed by atoms with E-state index < -0.39 is 0 Å². The molecular weight excluding hydrogens is 215 g/mol. The Balaban J connectivity index is 2.54. The lowest BCUT2D eigenvalue weighted by Crippen LogP contribution is -1.87. The van der Waals surface area contributed by atoms with E-state index in [0.29, 0.717) is 16.3 Å². The Bertz CT molecular complexity index is 479. The van der Waals surface area contributed by atoms with Gasteiger partial charge in [-0.15, -0.1) is 0 Å². The number of benzene rings is 1. The molecule has 0 saturated heterocycles. The summed E-state index contributed by atoms with van der Waals surface area (Å²) in [6.07, 6.45) is 2.71. The molecule has 1 aromatic heterocycles. The first-order chi connectivity index (χ1) is 7.15. The molecular formula is C11H8ClFN2. The van der Waals surface area contributed by atoms with Crippen molar-refractivity contribution in [1.82, 2.24) is 4.98 Å². The molecule has 0 spiro atoms. The molecule has 0 atom stereocenters. The standard InChI is InChI=1S/C11H8ClFN2/c12-9-1-7(3-11(14)4-9)8-2-10(13)6-15-5-8/h1-6H,14H2. The quantitative estimate of drug-likeness (QED) is 0.753. The third-order valence-electron chi connectivity index (χ3n) is 1.96. The maximum atomic E-state index is 12.9. The molecule has 4 heteroatoms. The summed E-state index contributed by atoms with van der Waals surface area (Å²) in [5.74, 6) is -0.383. The lowest BCUT2D eigenvalue weighted by Gasteiger charge is -2.03. The van der Waals surface area contributed by atoms with Gasteiger partial charge in [0.1, 0.15) is 5.82 Å². The van der Waals surface area contributed by atoms with Gasteiger partial charge in [0.2, 0.25) is 0 Å². The number of nitrogen functional groups attached to an aromatic ring is 1. The van der Waals surface area contributed by atoms with Gasteiger partial charge in [0.15, 0.2) is 0 Å². The molecule has 0 aliphatic carbocycles. The topological polar surface area (TPSA) is 38.9 Å². The molecule has 15 heavy (non-hydrogen) atoms. The van der Waals surface area contributed by atoms with Crippen molar-refractivity contribution in [2.75, 3.05) is 5.73 Å². The van der Waals surface area contributed by atoms with Crippen LogP contribution in [0.3, 0.4) is 0 Å². The van der Waals surface area contributed by atoms with Crippen LogP contribution in [0.25, 0.3) is 11.1 Å². The summed E-state index contributed by atoms with van der Waals surface area (Å²) in [4.78, 5) is 3.76. The molecule has 2 aromatic rings. The van der Waals surface area contributed by atoms with Crippen molar-refractivity contribution in [1.29, 1.82) is 0 Å². The van der Waals surface area contributed by atoms with Crippen LogP contribution in [0.1, 0.15) is 0 Å². The van der Waals surface area contributed by atoms with E-state index in [1.807, 2.05) is 0 Å². The average Bonchev–Trinajstić information content (AvgIpc) is 2.16. The highest BCUT2D eigenvalue weighted by Gasteiger charge is 2.02. The fourth-order valence-electron chi connectivity index (χ4n) is 1.35. The van der Waals surface area contributed by atoms with Crippen LogP contribution in [-0.2, 0) is 0 Å². The van der Waals surface area contributed by atoms with Gasteiger partial charge in [-0.3, -0.25) is 4.98 Å². The Hall–Kier alpha value is -1.61. The van der Waals surface area contributed by atoms with Gasteiger partial charge in [0, 0.05) is 22.5 Å². The average molecular weight is 223 g/mol. The summed E-state index contributed by atoms with van der Waals surface area (Å²) < 4.78 is 12.9. The Morgan fingerprint density at radius 1 is 1.07 bits per heavy atom. The Kier molecular flexibility index (Phi) is 2.56. The van der Waals surface area contributed by atoms with Crippen molar-refractivity contribution < 1.29 is 4.39 Å². The number of nitrogens with two attached hydrogens (primary N) is 1. The zero-order chi connectivity index (χ0) is 10.8. The summed E-state index contributed by atoms with van der Waals surface area (Å²) in [6.45, 7) is 0. The normalized spacial score (nSPS) is 10.3. The van der Waals surface area contributed by atoms with Crippen LogP contribution in [0.4, 0.5) is 10.1 Å². The number of aromatic nitrogens is 1. The Morgan fingerprint density at radius 2 is 1.87 bits per heavy atom. The van der Waals surface area contributed by atoms with E-state index in [-0.39, 0.29) is 5.82 Å². The highest BCUT2D eigenvalue weighted by molar-refractivity contribution is 6.31. The zero-order valence-corrected chi connectivity index (χ0v) is 8.50. The van der Waals surface area contributed by atoms with E-state index in [4.69, 9.17) is 17.3 Å². The van der Waals surface area contributed by atoms with Gasteiger partial charge in [0.05, 0.1) is 6.20 Å². The van der Waals surface area contributed by atoms with Crippen LogP contribution in [0, 0.1) is 5.82 Å². The number of nitrogens with zero attached hydrogens (tertiary/aromatic N) is 1. The fraction of sp³-hybridized carbons (Fsp3) is 0. The Labute approximate surface area is 91.5 Å². The van der Waals surface area contributed by atoms with Gasteiger partial charge < -0.3 is 5.73 Å². The number of anilines is 1. The zero-order valence-electron chi connectivity index (χ0n) is 7.74. The van der Waals surface area contributed by atoms with E-state index >= 15 is 0 Å². The van der Waals surface area contributed by atoms with Crippen molar-refractivity contribution in [3.63, 3.8) is 0 Å². The Morgan fingerprint density at radius 3 is 2.53 bits per heavy atom. The van der Waals surface area contributed by atoms with Crippen molar-refractivity contribution in [2.45, 2.75) is 0 Å². The predicted octanol–water partition coefficient (Wildman–Crippen LogP) is 3.12. The van der Waals surface area contributed by atoms with Crippen LogP contribution in [0.5, 0.6) is 0 Å². The summed E-state index contributed by atoms with van der Waals surface area (Å²) in [5.41, 5.74) is 7.59. The van der Waals surface area contributed by atoms with Crippen LogP contribution < -0.4 is 5.73 Å². The molecule has 2 N–H and O–H groups in total. The van der Waals surface area contributed by atoms with Gasteiger partial charge >= 0.3 is 0 Å². The monoisotopic (exact) mass is 222 g/mol. The summed E-state index contributed by atoms with van der Waals surface area (Å²) in [5, 5.41) is 0.522. The smallest absolute Gasteiger partial charge is 0.142 e. The number of rotatable bonds is 1. The molecule has 0 amide bonds. The highest BCUT2D eigenvalue weighted by atomic mass is 35.5. The predicted molar refractivity (Wildman–Crippen MR) is 59.1 cm³/mol. The second-order valence-electron chi connectivity index (χ2n) is 3.17. The molecule has 0 aliphatic heterocycles. The van der Waals surface area contributed by atoms with Crippen LogP contribution in [0.15, 0.2) is 36.7 Å². The molecule has 0 radical (unpaired) electrons. The molecule has 2 rings (SSSR count). The molecule has 1 heterocycles. The first-order valence-corrected chi connectivity index (χ1v) is 4.70. The second kappa shape index (κ2) is 3.87. The maximum absolute atomic E-state index is 12.9. The summed E-state index contributed by atoms with van der Waals surface area (Å²) >= 11 is 5.85. The minimum absolute atomic E-state index is 0.383. The van der Waals surface area contributed by atoms with E-state index in [2.05, 4.69) is 4.98 Å². The van der Waals surface area contributed by atoms with Crippen molar-refractivity contribution in [2.24, 2.45) is 0 Å². The van der Waals surface area contributed by atoms with Crippen LogP contribution in [-0.4, -0.2) is 4.98 Å². The van der Waals surface area contributed by atoms with Crippen molar-refractivity contribution >= 4 is 17.3 Å². The number of hydrogen-bond acceptors (Lipinski definition) is 2. The largest absolute Gasteiger partial charge is 0.399 e. The van der Waals surface area contributed by atoms with Gasteiger partial charge in [-0.05, 0) is 29.8 Å². The van der Waals surface area contributed by atoms with E-state index in [1.165, 1.54) is 6.07 Å². The summed E-state index contributed by atoms with van der Waals surface area (Å²) in [6, 6.07) is 6.46. The molecule has 2 nitrogen and oxygen atoms in total. The molecule has 0 aliphatic rings. The SMILES string of the molecule is Nc1cc(Cl)cc(-c2cncc(F)c2)c1. The molecule has 0 saturated carbocycles. The number of halogens is 2. The molecule has 0 unspecified atom stereocenters. The number of hydrogen-bond donors (Lipinski definition) is 1. The van der Waals surface area contributed by atoms with Crippen LogP contribution >= 0.6 is 11.6 Å². The van der Waals surface area contributed by atoms with E-state index in [1.54, 1.807) is 24.4 Å². The third-order valence-corrected chi connectivity index (χ3v) is 2.18. The maximum Gasteiger partial charge on any atom is 0.142 e. The minimum Gasteiger partial charge on any atom is -0.399 e. The molecule has 0 bridgehead atoms. The lowest BCUT2D eigenvalue weighted by atomic mass is 10.1. The molecule has 1 aromatic carbocycles. The first-order valence-electron chi connectivity index (χ1n) is 4.32. The minimum atomic E-state index is -0.383. The molecule has 0 fully saturated rings. The van der Waals surface area contributed by atoms with Gasteiger partial charge in [-0.2, -0.15) is 0 Å². The lowest BCUT2D eigenvalue weighted by molar-refractivity contribution is 0.622. The van der Waals surface area contributed by atoms with Crippen molar-refractivity contribution in [3.8, 4) is 11.1 Å². The van der Waals surface area contributed by atoms with Gasteiger partial charge in [-0.25, -0.2) is 4.39 Å². The fourth-order valence-corrected chi connectivity index (χ4v) is 1.59. The van der Waals surface area contributed by atoms with E-state index in [0.717, 1.165) is 11.8 Å². The second-order valence-corrected chi connectivity index (χ2v) is 3.60. The first kappa shape index (κ1) is 9.93. The van der Waals surface area contributed by atoms with E-state index in [9.17, 15) is 4.39 Å². The molecule has 76 valence electrons. The third kappa shape index (κ3) is 2.25. The summed E-state index contributed by atoms with van der Waals surface area (Å²) in [7, 11) is 0. The highest BCUT2D eigenvalue weighted by Crippen LogP contribution is 2.25. The van der Waals surface area contributed by atoms with Gasteiger partial charge in [0.25, 0.3) is 0 Å². The van der Waals surface area contributed by atoms with Gasteiger partial charge in [-0.1, -0.05) is 11.6 Å². The van der Waals surface area contributed by atoms with Crippen molar-refractivity contribution in [3.05, 3.63) is 47.5 Å².